The van der Waals surface area contributed by atoms with Gasteiger partial charge in [-0.1, -0.05) is 13.8 Å². The minimum atomic E-state index is 0.365. The molecular weight excluding hydrogens is 264 g/mol. The lowest BCUT2D eigenvalue weighted by molar-refractivity contribution is -0.0160. The Morgan fingerprint density at radius 1 is 1.24 bits per heavy atom. The SMILES string of the molecule is CC(C)C1CC(Nc2ccc(-c3cnco3)cc2)CCO1. The van der Waals surface area contributed by atoms with Gasteiger partial charge in [0.25, 0.3) is 0 Å². The third-order valence-electron chi connectivity index (χ3n) is 4.03. The monoisotopic (exact) mass is 286 g/mol. The number of anilines is 1. The van der Waals surface area contributed by atoms with E-state index in [1.807, 2.05) is 0 Å². The molecule has 4 heteroatoms. The highest BCUT2D eigenvalue weighted by molar-refractivity contribution is 5.60. The molecule has 0 saturated carbocycles. The number of nitrogens with one attached hydrogen (secondary N) is 1. The summed E-state index contributed by atoms with van der Waals surface area (Å²) in [5.74, 6) is 1.37. The van der Waals surface area contributed by atoms with Gasteiger partial charge < -0.3 is 14.5 Å². The lowest BCUT2D eigenvalue weighted by Crippen LogP contribution is -2.36. The summed E-state index contributed by atoms with van der Waals surface area (Å²) < 4.78 is 11.1. The molecule has 1 aromatic carbocycles. The van der Waals surface area contributed by atoms with Crippen LogP contribution in [0.4, 0.5) is 5.69 Å². The number of hydrogen-bond donors (Lipinski definition) is 1. The van der Waals surface area contributed by atoms with E-state index >= 15 is 0 Å². The highest BCUT2D eigenvalue weighted by Crippen LogP contribution is 2.25. The maximum Gasteiger partial charge on any atom is 0.181 e. The second-order valence-corrected chi connectivity index (χ2v) is 5.96. The van der Waals surface area contributed by atoms with Gasteiger partial charge in [0.15, 0.2) is 12.2 Å². The van der Waals surface area contributed by atoms with Crippen LogP contribution in [0, 0.1) is 5.92 Å². The van der Waals surface area contributed by atoms with Crippen molar-refractivity contribution in [2.45, 2.75) is 38.8 Å². The molecule has 1 aliphatic heterocycles. The molecule has 2 atom stereocenters. The van der Waals surface area contributed by atoms with Crippen molar-refractivity contribution in [3.05, 3.63) is 36.9 Å². The van der Waals surface area contributed by atoms with Gasteiger partial charge in [-0.2, -0.15) is 0 Å². The standard InChI is InChI=1S/C17H22N2O2/c1-12(2)16-9-15(7-8-20-16)19-14-5-3-13(4-6-14)17-10-18-11-21-17/h3-6,10-12,15-16,19H,7-9H2,1-2H3. The predicted molar refractivity (Wildman–Crippen MR) is 83.2 cm³/mol. The van der Waals surface area contributed by atoms with E-state index in [-0.39, 0.29) is 0 Å². The van der Waals surface area contributed by atoms with E-state index in [1.165, 1.54) is 6.39 Å². The molecule has 4 nitrogen and oxygen atoms in total. The molecule has 2 heterocycles. The van der Waals surface area contributed by atoms with Crippen LogP contribution in [0.5, 0.6) is 0 Å². The van der Waals surface area contributed by atoms with Crippen molar-refractivity contribution in [1.29, 1.82) is 0 Å². The third-order valence-corrected chi connectivity index (χ3v) is 4.03. The smallest absolute Gasteiger partial charge is 0.181 e. The Morgan fingerprint density at radius 2 is 2.05 bits per heavy atom. The molecule has 0 radical (unpaired) electrons. The first-order valence-electron chi connectivity index (χ1n) is 7.59. The fourth-order valence-corrected chi connectivity index (χ4v) is 2.75. The van der Waals surface area contributed by atoms with Crippen molar-refractivity contribution >= 4 is 5.69 Å². The van der Waals surface area contributed by atoms with E-state index in [0.717, 1.165) is 36.5 Å². The van der Waals surface area contributed by atoms with Crippen LogP contribution in [0.15, 0.2) is 41.3 Å². The molecule has 2 unspecified atom stereocenters. The number of rotatable bonds is 4. The Morgan fingerprint density at radius 3 is 2.71 bits per heavy atom. The van der Waals surface area contributed by atoms with E-state index in [1.54, 1.807) is 6.20 Å². The number of oxazole rings is 1. The second-order valence-electron chi connectivity index (χ2n) is 5.96. The number of nitrogens with zero attached hydrogens (tertiary/aromatic N) is 1. The molecule has 1 saturated heterocycles. The molecule has 3 rings (SSSR count). The van der Waals surface area contributed by atoms with Crippen molar-refractivity contribution in [3.63, 3.8) is 0 Å². The van der Waals surface area contributed by atoms with Gasteiger partial charge >= 0.3 is 0 Å². The van der Waals surface area contributed by atoms with Crippen LogP contribution in [0.3, 0.4) is 0 Å². The first-order valence-corrected chi connectivity index (χ1v) is 7.59. The number of aromatic nitrogens is 1. The molecule has 0 amide bonds. The lowest BCUT2D eigenvalue weighted by Gasteiger charge is -2.33. The van der Waals surface area contributed by atoms with Crippen molar-refractivity contribution in [1.82, 2.24) is 4.98 Å². The average molecular weight is 286 g/mol. The summed E-state index contributed by atoms with van der Waals surface area (Å²) in [4.78, 5) is 3.94. The molecule has 0 spiro atoms. The molecule has 2 aromatic rings. The van der Waals surface area contributed by atoms with Gasteiger partial charge in [-0.05, 0) is 43.0 Å². The molecular formula is C17H22N2O2. The average Bonchev–Trinajstić information content (AvgIpc) is 3.02. The van der Waals surface area contributed by atoms with E-state index in [2.05, 4.69) is 48.4 Å². The van der Waals surface area contributed by atoms with E-state index < -0.39 is 0 Å². The Balaban J connectivity index is 1.62. The zero-order valence-corrected chi connectivity index (χ0v) is 12.6. The second kappa shape index (κ2) is 6.31. The Labute approximate surface area is 125 Å². The lowest BCUT2D eigenvalue weighted by atomic mass is 9.95. The van der Waals surface area contributed by atoms with Crippen molar-refractivity contribution in [3.8, 4) is 11.3 Å². The normalized spacial score (nSPS) is 22.4. The van der Waals surface area contributed by atoms with E-state index in [0.29, 0.717) is 18.1 Å². The molecule has 0 aliphatic carbocycles. The first kappa shape index (κ1) is 14.1. The molecule has 21 heavy (non-hydrogen) atoms. The van der Waals surface area contributed by atoms with Crippen LogP contribution in [0.25, 0.3) is 11.3 Å². The molecule has 0 bridgehead atoms. The van der Waals surface area contributed by atoms with Crippen molar-refractivity contribution in [2.24, 2.45) is 5.92 Å². The maximum absolute atomic E-state index is 5.82. The van der Waals surface area contributed by atoms with Crippen LogP contribution < -0.4 is 5.32 Å². The van der Waals surface area contributed by atoms with Gasteiger partial charge in [0.2, 0.25) is 0 Å². The van der Waals surface area contributed by atoms with Gasteiger partial charge in [-0.25, -0.2) is 4.98 Å². The third kappa shape index (κ3) is 3.45. The fraction of sp³-hybridized carbons (Fsp3) is 0.471. The van der Waals surface area contributed by atoms with Gasteiger partial charge in [0, 0.05) is 23.9 Å². The van der Waals surface area contributed by atoms with Crippen LogP contribution in [0.2, 0.25) is 0 Å². The van der Waals surface area contributed by atoms with E-state index in [9.17, 15) is 0 Å². The van der Waals surface area contributed by atoms with Crippen LogP contribution in [-0.4, -0.2) is 23.7 Å². The van der Waals surface area contributed by atoms with Gasteiger partial charge in [-0.3, -0.25) is 0 Å². The van der Waals surface area contributed by atoms with Crippen molar-refractivity contribution in [2.75, 3.05) is 11.9 Å². The molecule has 1 N–H and O–H groups in total. The van der Waals surface area contributed by atoms with Crippen LogP contribution >= 0.6 is 0 Å². The summed E-state index contributed by atoms with van der Waals surface area (Å²) in [7, 11) is 0. The number of benzene rings is 1. The largest absolute Gasteiger partial charge is 0.444 e. The van der Waals surface area contributed by atoms with Crippen LogP contribution in [0.1, 0.15) is 26.7 Å². The Bertz CT molecular complexity index is 549. The van der Waals surface area contributed by atoms with E-state index in [4.69, 9.17) is 9.15 Å². The number of hydrogen-bond acceptors (Lipinski definition) is 4. The molecule has 1 fully saturated rings. The summed E-state index contributed by atoms with van der Waals surface area (Å²) in [5, 5.41) is 3.61. The summed E-state index contributed by atoms with van der Waals surface area (Å²) in [6.07, 6.45) is 5.68. The highest BCUT2D eigenvalue weighted by Gasteiger charge is 2.24. The van der Waals surface area contributed by atoms with Gasteiger partial charge in [0.05, 0.1) is 12.3 Å². The minimum absolute atomic E-state index is 0.365. The van der Waals surface area contributed by atoms with Gasteiger partial charge in [-0.15, -0.1) is 0 Å². The zero-order chi connectivity index (χ0) is 14.7. The Kier molecular flexibility index (Phi) is 4.25. The fourth-order valence-electron chi connectivity index (χ4n) is 2.75. The first-order chi connectivity index (χ1) is 10.2. The molecule has 1 aromatic heterocycles. The maximum atomic E-state index is 5.82. The summed E-state index contributed by atoms with van der Waals surface area (Å²) in [6.45, 7) is 5.29. The van der Waals surface area contributed by atoms with Crippen molar-refractivity contribution < 1.29 is 9.15 Å². The molecule has 112 valence electrons. The minimum Gasteiger partial charge on any atom is -0.444 e. The van der Waals surface area contributed by atoms with Crippen LogP contribution in [-0.2, 0) is 4.74 Å². The number of ether oxygens (including phenoxy) is 1. The quantitative estimate of drug-likeness (QED) is 0.924. The summed E-state index contributed by atoms with van der Waals surface area (Å²) in [6, 6.07) is 8.79. The van der Waals surface area contributed by atoms with Gasteiger partial charge in [0.1, 0.15) is 0 Å². The highest BCUT2D eigenvalue weighted by atomic mass is 16.5. The molecule has 1 aliphatic rings. The zero-order valence-electron chi connectivity index (χ0n) is 12.6. The topological polar surface area (TPSA) is 47.3 Å². The summed E-state index contributed by atoms with van der Waals surface area (Å²) >= 11 is 0. The Hall–Kier alpha value is -1.81. The summed E-state index contributed by atoms with van der Waals surface area (Å²) in [5.41, 5.74) is 2.19. The predicted octanol–water partition coefficient (Wildman–Crippen LogP) is 3.96.